The molecule has 2 bridgehead atoms. The van der Waals surface area contributed by atoms with Gasteiger partial charge in [-0.05, 0) is 79.8 Å². The van der Waals surface area contributed by atoms with E-state index in [4.69, 9.17) is 4.74 Å². The molecule has 4 aromatic rings. The van der Waals surface area contributed by atoms with Gasteiger partial charge >= 0.3 is 0 Å². The number of nitrogens with zero attached hydrogens (tertiary/aromatic N) is 2. The second-order valence-corrected chi connectivity index (χ2v) is 13.0. The number of likely N-dealkylation sites (tertiary alicyclic amines) is 1. The molecule has 0 saturated carbocycles. The minimum absolute atomic E-state index is 0.00890. The van der Waals surface area contributed by atoms with Crippen molar-refractivity contribution in [1.82, 2.24) is 14.8 Å². The molecule has 2 unspecified atom stereocenters. The Kier molecular flexibility index (Phi) is 6.32. The molecule has 40 heavy (non-hydrogen) atoms. The van der Waals surface area contributed by atoms with E-state index in [9.17, 15) is 0 Å². The number of ether oxygens (including phenoxy) is 1. The average Bonchev–Trinajstić information content (AvgIpc) is 3.50. The van der Waals surface area contributed by atoms with Crippen molar-refractivity contribution in [2.45, 2.75) is 74.8 Å². The van der Waals surface area contributed by atoms with Crippen LogP contribution in [-0.4, -0.2) is 59.2 Å². The molecule has 0 amide bonds. The molecule has 4 heterocycles. The van der Waals surface area contributed by atoms with Crippen molar-refractivity contribution in [2.75, 3.05) is 20.1 Å². The topological polar surface area (TPSA) is 31.5 Å². The Balaban J connectivity index is 0.977. The van der Waals surface area contributed by atoms with E-state index in [1.54, 1.807) is 5.56 Å². The standard InChI is InChI=1S/C36H41N3O/c1-38-22-24(17-32-31-13-8-14-33-35(31)27(21-37-33)18-34(32)38)23-39-28-15-16-29(39)20-30(19-28)40-36(25-9-4-2-5-10-25)26-11-6-3-7-12-26/h2-14,21,24,28-30,32,34,36-37H,15-20,22-23H2,1H3/t24-,28?,29?,30?,32+,34+/m0/s1. The third-order valence-corrected chi connectivity index (χ3v) is 10.7. The molecule has 1 aromatic heterocycles. The first kappa shape index (κ1) is 24.8. The summed E-state index contributed by atoms with van der Waals surface area (Å²) in [7, 11) is 2.38. The Labute approximate surface area is 238 Å². The summed E-state index contributed by atoms with van der Waals surface area (Å²) >= 11 is 0. The van der Waals surface area contributed by atoms with Crippen LogP contribution >= 0.6 is 0 Å². The molecular weight excluding hydrogens is 490 g/mol. The van der Waals surface area contributed by atoms with Gasteiger partial charge in [0.15, 0.2) is 0 Å². The summed E-state index contributed by atoms with van der Waals surface area (Å²) in [4.78, 5) is 9.14. The molecule has 4 heteroatoms. The SMILES string of the molecule is CN1C[C@@H](CN2C3CCC2CC(OC(c2ccccc2)c2ccccc2)C3)C[C@@H]2c3cccc4[nH]cc(c34)C[C@H]21. The van der Waals surface area contributed by atoms with Gasteiger partial charge in [-0.15, -0.1) is 0 Å². The predicted octanol–water partition coefficient (Wildman–Crippen LogP) is 6.93. The van der Waals surface area contributed by atoms with E-state index in [0.717, 1.165) is 18.8 Å². The van der Waals surface area contributed by atoms with Gasteiger partial charge in [0.25, 0.3) is 0 Å². The molecule has 1 aliphatic carbocycles. The zero-order valence-corrected chi connectivity index (χ0v) is 23.6. The maximum atomic E-state index is 6.99. The Hall–Kier alpha value is -2.92. The highest BCUT2D eigenvalue weighted by atomic mass is 16.5. The number of hydrogen-bond acceptors (Lipinski definition) is 3. The molecule has 3 fully saturated rings. The Bertz CT molecular complexity index is 1410. The number of fused-ring (bicyclic) bond motifs is 4. The number of nitrogens with one attached hydrogen (secondary N) is 1. The van der Waals surface area contributed by atoms with Gasteiger partial charge in [-0.3, -0.25) is 4.90 Å². The van der Waals surface area contributed by atoms with E-state index >= 15 is 0 Å². The van der Waals surface area contributed by atoms with Crippen LogP contribution in [0.5, 0.6) is 0 Å². The van der Waals surface area contributed by atoms with Crippen molar-refractivity contribution < 1.29 is 4.74 Å². The lowest BCUT2D eigenvalue weighted by atomic mass is 9.72. The van der Waals surface area contributed by atoms with E-state index in [2.05, 4.69) is 107 Å². The van der Waals surface area contributed by atoms with Crippen LogP contribution in [0.4, 0.5) is 0 Å². The van der Waals surface area contributed by atoms with Crippen LogP contribution in [0.1, 0.15) is 66.4 Å². The summed E-state index contributed by atoms with van der Waals surface area (Å²) in [5, 5.41) is 1.52. The van der Waals surface area contributed by atoms with Gasteiger partial charge in [-0.2, -0.15) is 0 Å². The molecule has 4 nitrogen and oxygen atoms in total. The number of aromatic amines is 1. The van der Waals surface area contributed by atoms with E-state index in [1.165, 1.54) is 66.4 Å². The smallest absolute Gasteiger partial charge is 0.108 e. The van der Waals surface area contributed by atoms with Crippen LogP contribution in [0.25, 0.3) is 10.9 Å². The van der Waals surface area contributed by atoms with Crippen LogP contribution in [0.2, 0.25) is 0 Å². The molecule has 0 radical (unpaired) electrons. The fourth-order valence-electron chi connectivity index (χ4n) is 8.92. The number of H-pyrrole nitrogens is 1. The average molecular weight is 532 g/mol. The zero-order valence-electron chi connectivity index (χ0n) is 23.6. The molecule has 0 spiro atoms. The largest absolute Gasteiger partial charge is 0.365 e. The fourth-order valence-corrected chi connectivity index (χ4v) is 8.92. The minimum atomic E-state index is 0.00890. The second-order valence-electron chi connectivity index (χ2n) is 13.0. The molecule has 5 atom stereocenters. The van der Waals surface area contributed by atoms with Crippen LogP contribution in [0.15, 0.2) is 85.1 Å². The molecule has 3 aromatic carbocycles. The third-order valence-electron chi connectivity index (χ3n) is 10.7. The van der Waals surface area contributed by atoms with Gasteiger partial charge in [0, 0.05) is 54.2 Å². The van der Waals surface area contributed by atoms with Gasteiger partial charge in [0.05, 0.1) is 6.10 Å². The predicted molar refractivity (Wildman–Crippen MR) is 162 cm³/mol. The quantitative estimate of drug-likeness (QED) is 0.293. The van der Waals surface area contributed by atoms with E-state index in [-0.39, 0.29) is 6.10 Å². The van der Waals surface area contributed by atoms with Crippen LogP contribution in [0, 0.1) is 5.92 Å². The monoisotopic (exact) mass is 531 g/mol. The van der Waals surface area contributed by atoms with E-state index in [0.29, 0.717) is 30.1 Å². The molecule has 3 saturated heterocycles. The number of piperidine rings is 2. The summed E-state index contributed by atoms with van der Waals surface area (Å²) in [6, 6.07) is 30.5. The molecule has 8 rings (SSSR count). The molecular formula is C36H41N3O. The zero-order chi connectivity index (χ0) is 26.6. The molecule has 206 valence electrons. The van der Waals surface area contributed by atoms with Gasteiger partial charge in [-0.1, -0.05) is 72.8 Å². The maximum Gasteiger partial charge on any atom is 0.108 e. The number of aromatic nitrogens is 1. The van der Waals surface area contributed by atoms with Crippen LogP contribution in [0.3, 0.4) is 0 Å². The number of rotatable bonds is 6. The molecule has 3 aliphatic heterocycles. The second kappa shape index (κ2) is 10.2. The fraction of sp³-hybridized carbons (Fsp3) is 0.444. The van der Waals surface area contributed by atoms with E-state index in [1.807, 2.05) is 0 Å². The summed E-state index contributed by atoms with van der Waals surface area (Å²) in [6.45, 7) is 2.46. The van der Waals surface area contributed by atoms with Crippen molar-refractivity contribution in [3.63, 3.8) is 0 Å². The first-order valence-corrected chi connectivity index (χ1v) is 15.5. The lowest BCUT2D eigenvalue weighted by Gasteiger charge is -2.48. The Morgan fingerprint density at radius 2 is 1.55 bits per heavy atom. The highest BCUT2D eigenvalue weighted by Crippen LogP contribution is 2.46. The van der Waals surface area contributed by atoms with Gasteiger partial charge in [-0.25, -0.2) is 0 Å². The van der Waals surface area contributed by atoms with Crippen molar-refractivity contribution in [3.05, 3.63) is 107 Å². The van der Waals surface area contributed by atoms with Gasteiger partial charge < -0.3 is 14.6 Å². The lowest BCUT2D eigenvalue weighted by molar-refractivity contribution is -0.0541. The minimum Gasteiger partial charge on any atom is -0.365 e. The normalized spacial score (nSPS) is 30.1. The van der Waals surface area contributed by atoms with Crippen molar-refractivity contribution >= 4 is 10.9 Å². The van der Waals surface area contributed by atoms with E-state index < -0.39 is 0 Å². The first-order valence-electron chi connectivity index (χ1n) is 15.5. The summed E-state index contributed by atoms with van der Waals surface area (Å²) in [5.74, 6) is 1.37. The van der Waals surface area contributed by atoms with Gasteiger partial charge in [0.2, 0.25) is 0 Å². The van der Waals surface area contributed by atoms with Crippen molar-refractivity contribution in [3.8, 4) is 0 Å². The first-order chi connectivity index (χ1) is 19.7. The summed E-state index contributed by atoms with van der Waals surface area (Å²) in [6.07, 6.45) is 10.1. The van der Waals surface area contributed by atoms with Crippen LogP contribution in [-0.2, 0) is 11.2 Å². The molecule has 1 N–H and O–H groups in total. The van der Waals surface area contributed by atoms with Crippen molar-refractivity contribution in [2.24, 2.45) is 5.92 Å². The Morgan fingerprint density at radius 1 is 0.850 bits per heavy atom. The van der Waals surface area contributed by atoms with Crippen LogP contribution < -0.4 is 0 Å². The van der Waals surface area contributed by atoms with Crippen molar-refractivity contribution in [1.29, 1.82) is 0 Å². The maximum absolute atomic E-state index is 6.99. The lowest BCUT2D eigenvalue weighted by Crippen LogP contribution is -2.53. The molecule has 4 aliphatic rings. The summed E-state index contributed by atoms with van der Waals surface area (Å²) in [5.41, 5.74) is 6.94. The number of hydrogen-bond donors (Lipinski definition) is 1. The Morgan fingerprint density at radius 3 is 2.25 bits per heavy atom. The van der Waals surface area contributed by atoms with Gasteiger partial charge in [0.1, 0.15) is 6.10 Å². The highest BCUT2D eigenvalue weighted by molar-refractivity contribution is 5.88. The third kappa shape index (κ3) is 4.32. The number of benzene rings is 3. The highest BCUT2D eigenvalue weighted by Gasteiger charge is 2.45. The number of likely N-dealkylation sites (N-methyl/N-ethyl adjacent to an activating group) is 1. The summed E-state index contributed by atoms with van der Waals surface area (Å²) < 4.78 is 6.99.